The Morgan fingerprint density at radius 2 is 1.82 bits per heavy atom. The molecule has 0 spiro atoms. The fourth-order valence-corrected chi connectivity index (χ4v) is 3.31. The van der Waals surface area contributed by atoms with Crippen molar-refractivity contribution in [3.63, 3.8) is 0 Å². The van der Waals surface area contributed by atoms with Gasteiger partial charge in [-0.2, -0.15) is 0 Å². The number of phenols is 1. The van der Waals surface area contributed by atoms with Crippen LogP contribution in [0.5, 0.6) is 5.75 Å². The van der Waals surface area contributed by atoms with Gasteiger partial charge in [0.1, 0.15) is 11.3 Å². The molecule has 1 unspecified atom stereocenters. The molecule has 144 valence electrons. The van der Waals surface area contributed by atoms with Crippen LogP contribution in [0.15, 0.2) is 73.3 Å². The van der Waals surface area contributed by atoms with Crippen LogP contribution in [0.3, 0.4) is 0 Å². The van der Waals surface area contributed by atoms with Crippen LogP contribution in [-0.2, 0) is 23.2 Å². The first-order chi connectivity index (χ1) is 13.6. The van der Waals surface area contributed by atoms with E-state index in [0.29, 0.717) is 31.4 Å². The minimum Gasteiger partial charge on any atom is -0.508 e. The molecule has 1 atom stereocenters. The minimum absolute atomic E-state index is 0.0982. The zero-order valence-electron chi connectivity index (χ0n) is 15.6. The lowest BCUT2D eigenvalue weighted by atomic mass is 9.83. The Morgan fingerprint density at radius 1 is 1.00 bits per heavy atom. The first-order valence-corrected chi connectivity index (χ1v) is 9.22. The van der Waals surface area contributed by atoms with Crippen molar-refractivity contribution in [3.05, 3.63) is 90.0 Å². The number of primary amides is 1. The first-order valence-electron chi connectivity index (χ1n) is 9.22. The first kappa shape index (κ1) is 19.5. The standard InChI is InChI=1S/C22H24N4O2/c23-21(28)22(19-4-1-5-20(27)15-19,10-6-17-7-12-24-13-8-17)26-14-9-18-3-2-11-25-16-18/h1-5,7-8,11-13,15-16,26-27H,6,9-10,14H2,(H2,23,28). The van der Waals surface area contributed by atoms with E-state index in [9.17, 15) is 9.90 Å². The summed E-state index contributed by atoms with van der Waals surface area (Å²) >= 11 is 0. The van der Waals surface area contributed by atoms with Gasteiger partial charge in [-0.25, -0.2) is 0 Å². The average Bonchev–Trinajstić information content (AvgIpc) is 2.72. The normalized spacial score (nSPS) is 13.0. The van der Waals surface area contributed by atoms with Crippen molar-refractivity contribution in [2.24, 2.45) is 5.73 Å². The summed E-state index contributed by atoms with van der Waals surface area (Å²) in [6.07, 6.45) is 8.79. The maximum absolute atomic E-state index is 12.7. The smallest absolute Gasteiger partial charge is 0.242 e. The summed E-state index contributed by atoms with van der Waals surface area (Å²) in [5.74, 6) is -0.376. The number of nitrogens with zero attached hydrogens (tertiary/aromatic N) is 2. The molecule has 0 aliphatic heterocycles. The monoisotopic (exact) mass is 376 g/mol. The Bertz CT molecular complexity index is 903. The van der Waals surface area contributed by atoms with Crippen LogP contribution in [0.2, 0.25) is 0 Å². The molecule has 0 radical (unpaired) electrons. The Balaban J connectivity index is 1.85. The Morgan fingerprint density at radius 3 is 2.50 bits per heavy atom. The molecule has 3 rings (SSSR count). The van der Waals surface area contributed by atoms with Gasteiger partial charge in [0, 0.05) is 31.3 Å². The number of nitrogens with two attached hydrogens (primary N) is 1. The number of benzene rings is 1. The number of phenolic OH excluding ortho intramolecular Hbond substituents is 1. The predicted molar refractivity (Wildman–Crippen MR) is 107 cm³/mol. The highest BCUT2D eigenvalue weighted by atomic mass is 16.3. The van der Waals surface area contributed by atoms with Crippen molar-refractivity contribution >= 4 is 5.91 Å². The maximum atomic E-state index is 12.7. The number of hydrogen-bond donors (Lipinski definition) is 3. The molecule has 1 aromatic carbocycles. The van der Waals surface area contributed by atoms with Crippen LogP contribution in [0.25, 0.3) is 0 Å². The van der Waals surface area contributed by atoms with Gasteiger partial charge in [0.15, 0.2) is 0 Å². The van der Waals surface area contributed by atoms with Gasteiger partial charge in [-0.05, 0) is 66.3 Å². The maximum Gasteiger partial charge on any atom is 0.242 e. The van der Waals surface area contributed by atoms with Crippen LogP contribution in [0.4, 0.5) is 0 Å². The van der Waals surface area contributed by atoms with Crippen molar-refractivity contribution in [2.75, 3.05) is 6.54 Å². The molecular weight excluding hydrogens is 352 g/mol. The third-order valence-corrected chi connectivity index (χ3v) is 4.86. The van der Waals surface area contributed by atoms with Gasteiger partial charge in [-0.1, -0.05) is 18.2 Å². The number of aryl methyl sites for hydroxylation is 1. The van der Waals surface area contributed by atoms with Gasteiger partial charge in [0.2, 0.25) is 5.91 Å². The Hall–Kier alpha value is -3.25. The van der Waals surface area contributed by atoms with Gasteiger partial charge in [-0.3, -0.25) is 20.1 Å². The number of nitrogens with one attached hydrogen (secondary N) is 1. The van der Waals surface area contributed by atoms with Crippen LogP contribution in [-0.4, -0.2) is 27.5 Å². The third-order valence-electron chi connectivity index (χ3n) is 4.86. The van der Waals surface area contributed by atoms with E-state index >= 15 is 0 Å². The van der Waals surface area contributed by atoms with Crippen molar-refractivity contribution < 1.29 is 9.90 Å². The van der Waals surface area contributed by atoms with Gasteiger partial charge in [0.25, 0.3) is 0 Å². The number of pyridine rings is 2. The van der Waals surface area contributed by atoms with E-state index < -0.39 is 11.4 Å². The molecule has 0 aliphatic rings. The molecule has 0 fully saturated rings. The van der Waals surface area contributed by atoms with E-state index in [4.69, 9.17) is 5.73 Å². The van der Waals surface area contributed by atoms with Crippen LogP contribution in [0, 0.1) is 0 Å². The van der Waals surface area contributed by atoms with Gasteiger partial charge >= 0.3 is 0 Å². The topological polar surface area (TPSA) is 101 Å². The average molecular weight is 376 g/mol. The van der Waals surface area contributed by atoms with E-state index in [1.54, 1.807) is 43.0 Å². The summed E-state index contributed by atoms with van der Waals surface area (Å²) in [7, 11) is 0. The summed E-state index contributed by atoms with van der Waals surface area (Å²) in [5.41, 5.74) is 7.58. The van der Waals surface area contributed by atoms with Gasteiger partial charge < -0.3 is 10.8 Å². The van der Waals surface area contributed by atoms with E-state index in [0.717, 1.165) is 11.1 Å². The number of rotatable bonds is 9. The molecule has 1 amide bonds. The molecule has 0 saturated heterocycles. The molecule has 6 heteroatoms. The quantitative estimate of drug-likeness (QED) is 0.532. The lowest BCUT2D eigenvalue weighted by Gasteiger charge is -2.33. The van der Waals surface area contributed by atoms with Gasteiger partial charge in [0.05, 0.1) is 0 Å². The van der Waals surface area contributed by atoms with E-state index in [1.807, 2.05) is 30.3 Å². The largest absolute Gasteiger partial charge is 0.508 e. The molecule has 0 saturated carbocycles. The molecular formula is C22H24N4O2. The highest BCUT2D eigenvalue weighted by molar-refractivity contribution is 5.86. The van der Waals surface area contributed by atoms with Gasteiger partial charge in [-0.15, -0.1) is 0 Å². The SMILES string of the molecule is NC(=O)C(CCc1ccncc1)(NCCc1cccnc1)c1cccc(O)c1. The molecule has 0 bridgehead atoms. The second-order valence-corrected chi connectivity index (χ2v) is 6.71. The highest BCUT2D eigenvalue weighted by Crippen LogP contribution is 2.29. The zero-order chi connectivity index (χ0) is 19.8. The minimum atomic E-state index is -1.09. The van der Waals surface area contributed by atoms with Crippen LogP contribution >= 0.6 is 0 Å². The summed E-state index contributed by atoms with van der Waals surface area (Å²) in [6, 6.07) is 14.4. The fraction of sp³-hybridized carbons (Fsp3) is 0.227. The predicted octanol–water partition coefficient (Wildman–Crippen LogP) is 2.33. The summed E-state index contributed by atoms with van der Waals surface area (Å²) in [6.45, 7) is 0.542. The summed E-state index contributed by atoms with van der Waals surface area (Å²) in [4.78, 5) is 20.8. The molecule has 4 N–H and O–H groups in total. The lowest BCUT2D eigenvalue weighted by molar-refractivity contribution is -0.125. The van der Waals surface area contributed by atoms with Crippen LogP contribution < -0.4 is 11.1 Å². The van der Waals surface area contributed by atoms with E-state index in [-0.39, 0.29) is 5.75 Å². The second kappa shape index (κ2) is 9.10. The molecule has 2 heterocycles. The molecule has 28 heavy (non-hydrogen) atoms. The second-order valence-electron chi connectivity index (χ2n) is 6.71. The Labute approximate surface area is 164 Å². The Kier molecular flexibility index (Phi) is 6.34. The van der Waals surface area contributed by atoms with E-state index in [2.05, 4.69) is 15.3 Å². The molecule has 6 nitrogen and oxygen atoms in total. The number of aromatic hydroxyl groups is 1. The highest BCUT2D eigenvalue weighted by Gasteiger charge is 2.37. The third kappa shape index (κ3) is 4.72. The molecule has 0 aliphatic carbocycles. The molecule has 2 aromatic heterocycles. The summed E-state index contributed by atoms with van der Waals surface area (Å²) < 4.78 is 0. The fourth-order valence-electron chi connectivity index (χ4n) is 3.31. The number of hydrogen-bond acceptors (Lipinski definition) is 5. The number of carbonyl (C=O) groups excluding carboxylic acids is 1. The number of amides is 1. The van der Waals surface area contributed by atoms with E-state index in [1.165, 1.54) is 0 Å². The molecule has 3 aromatic rings. The number of aromatic nitrogens is 2. The van der Waals surface area contributed by atoms with Crippen molar-refractivity contribution in [3.8, 4) is 5.75 Å². The number of carbonyl (C=O) groups is 1. The zero-order valence-corrected chi connectivity index (χ0v) is 15.6. The van der Waals surface area contributed by atoms with Crippen molar-refractivity contribution in [2.45, 2.75) is 24.8 Å². The summed E-state index contributed by atoms with van der Waals surface area (Å²) in [5, 5.41) is 13.3. The lowest BCUT2D eigenvalue weighted by Crippen LogP contribution is -2.53. The van der Waals surface area contributed by atoms with Crippen LogP contribution in [0.1, 0.15) is 23.1 Å². The van der Waals surface area contributed by atoms with Crippen molar-refractivity contribution in [1.82, 2.24) is 15.3 Å². The van der Waals surface area contributed by atoms with Crippen molar-refractivity contribution in [1.29, 1.82) is 0 Å².